The minimum atomic E-state index is -0.0625. The van der Waals surface area contributed by atoms with Gasteiger partial charge in [0.2, 0.25) is 17.7 Å². The number of nitrogens with zero attached hydrogens (tertiary/aromatic N) is 4. The van der Waals surface area contributed by atoms with E-state index in [0.717, 1.165) is 56.0 Å². The number of carbonyl (C=O) groups is 4. The van der Waals surface area contributed by atoms with Gasteiger partial charge in [-0.15, -0.1) is 22.7 Å². The van der Waals surface area contributed by atoms with Crippen molar-refractivity contribution in [1.82, 2.24) is 40.4 Å². The Bertz CT molecular complexity index is 1810. The minimum Gasteiger partial charge on any atom is -0.471 e. The Kier molecular flexibility index (Phi) is 24.2. The Morgan fingerprint density at radius 3 is 1.61 bits per heavy atom. The van der Waals surface area contributed by atoms with E-state index in [2.05, 4.69) is 98.0 Å². The zero-order valence-electron chi connectivity index (χ0n) is 34.7. The average molecular weight is 823 g/mol. The van der Waals surface area contributed by atoms with E-state index in [1.165, 1.54) is 58.9 Å². The molecule has 4 N–H and O–H groups in total. The zero-order chi connectivity index (χ0) is 41.8. The van der Waals surface area contributed by atoms with Gasteiger partial charge in [0.05, 0.1) is 66.0 Å². The summed E-state index contributed by atoms with van der Waals surface area (Å²) in [7, 11) is 3.11. The molecule has 0 spiro atoms. The Labute approximate surface area is 346 Å². The van der Waals surface area contributed by atoms with Crippen molar-refractivity contribution in [3.8, 4) is 33.6 Å². The van der Waals surface area contributed by atoms with Gasteiger partial charge >= 0.3 is 0 Å². The van der Waals surface area contributed by atoms with Crippen LogP contribution in [0.15, 0.2) is 60.1 Å². The third kappa shape index (κ3) is 16.6. The molecular formula is C42H62N8O5S2. The number of nitrogens with one attached hydrogen (secondary N) is 4. The van der Waals surface area contributed by atoms with Gasteiger partial charge < -0.3 is 35.1 Å². The molecule has 0 bridgehead atoms. The van der Waals surface area contributed by atoms with Crippen molar-refractivity contribution in [2.24, 2.45) is 0 Å². The number of imidazole rings is 2. The summed E-state index contributed by atoms with van der Waals surface area (Å²) in [6, 6.07) is 8.62. The van der Waals surface area contributed by atoms with E-state index < -0.39 is 0 Å². The summed E-state index contributed by atoms with van der Waals surface area (Å²) in [6.45, 7) is 14.9. The molecular weight excluding hydrogens is 761 g/mol. The maximum Gasteiger partial charge on any atom is 0.292 e. The number of ether oxygens (including phenoxy) is 1. The van der Waals surface area contributed by atoms with E-state index >= 15 is 0 Å². The van der Waals surface area contributed by atoms with Crippen LogP contribution in [0.5, 0.6) is 0 Å². The van der Waals surface area contributed by atoms with Gasteiger partial charge in [0.25, 0.3) is 6.47 Å². The van der Waals surface area contributed by atoms with Crippen molar-refractivity contribution in [3.05, 3.63) is 60.1 Å². The number of hydrogen-bond acceptors (Lipinski definition) is 10. The maximum absolute atomic E-state index is 11.4. The highest BCUT2D eigenvalue weighted by molar-refractivity contribution is 7.27. The van der Waals surface area contributed by atoms with Crippen molar-refractivity contribution in [2.45, 2.75) is 79.6 Å². The molecule has 312 valence electrons. The van der Waals surface area contributed by atoms with E-state index in [1.807, 2.05) is 17.3 Å². The predicted molar refractivity (Wildman–Crippen MR) is 234 cm³/mol. The number of likely N-dealkylation sites (tertiary alicyclic amines) is 2. The van der Waals surface area contributed by atoms with Crippen LogP contribution in [0.4, 0.5) is 0 Å². The smallest absolute Gasteiger partial charge is 0.292 e. The van der Waals surface area contributed by atoms with Gasteiger partial charge in [0.15, 0.2) is 0 Å². The van der Waals surface area contributed by atoms with E-state index in [1.54, 1.807) is 54.2 Å². The molecule has 5 aromatic rings. The standard InChI is InChI=1S/C18H12N4S2.C9H16N2O2.C7H14N2O.2C3H8.C2H4O2/c1-3-12(15-5-19-9-21-15)4-2-11(1)13-7-23-18-14(8-24-17(13)18)16-6-20-10-22-16;1-2-8(12)10-7-9(13)11-5-3-4-6-11;1-8-6-7(10)9-4-2-3-5-9;2*1-3-2;1-4-2-3/h1-10H,(H,19,21)(H,20,22);2-7H2,1H3,(H,10,12);8H,2-6H2,1H3;2*3H2,1-2H3;2H,1H3. The summed E-state index contributed by atoms with van der Waals surface area (Å²) >= 11 is 3.58. The fourth-order valence-corrected chi connectivity index (χ4v) is 7.90. The first kappa shape index (κ1) is 48.3. The number of fused-ring (bicyclic) bond motifs is 1. The lowest BCUT2D eigenvalue weighted by molar-refractivity contribution is -0.132. The lowest BCUT2D eigenvalue weighted by atomic mass is 10.1. The second kappa shape index (κ2) is 28.5. The first-order valence-corrected chi connectivity index (χ1v) is 21.5. The monoisotopic (exact) mass is 822 g/mol. The number of aromatic amines is 2. The predicted octanol–water partition coefficient (Wildman–Crippen LogP) is 8.00. The Balaban J connectivity index is 0.000000288. The molecule has 57 heavy (non-hydrogen) atoms. The first-order chi connectivity index (χ1) is 27.7. The Morgan fingerprint density at radius 1 is 0.737 bits per heavy atom. The lowest BCUT2D eigenvalue weighted by Gasteiger charge is -2.15. The van der Waals surface area contributed by atoms with E-state index in [-0.39, 0.29) is 24.3 Å². The molecule has 1 aromatic carbocycles. The molecule has 0 atom stereocenters. The van der Waals surface area contributed by atoms with Gasteiger partial charge in [-0.1, -0.05) is 71.7 Å². The van der Waals surface area contributed by atoms with Gasteiger partial charge in [-0.05, 0) is 43.9 Å². The van der Waals surface area contributed by atoms with Gasteiger partial charge in [0.1, 0.15) is 0 Å². The number of amides is 3. The maximum atomic E-state index is 11.4. The number of methoxy groups -OCH3 is 1. The molecule has 2 fully saturated rings. The van der Waals surface area contributed by atoms with Gasteiger partial charge in [-0.2, -0.15) is 0 Å². The fourth-order valence-electron chi connectivity index (χ4n) is 5.46. The molecule has 2 aliphatic heterocycles. The van der Waals surface area contributed by atoms with Crippen LogP contribution in [-0.2, 0) is 23.9 Å². The molecule has 4 aromatic heterocycles. The zero-order valence-corrected chi connectivity index (χ0v) is 36.3. The van der Waals surface area contributed by atoms with Crippen LogP contribution < -0.4 is 10.6 Å². The van der Waals surface area contributed by atoms with Crippen LogP contribution in [0.25, 0.3) is 43.0 Å². The summed E-state index contributed by atoms with van der Waals surface area (Å²) < 4.78 is 6.51. The van der Waals surface area contributed by atoms with Crippen molar-refractivity contribution in [1.29, 1.82) is 0 Å². The average Bonchev–Trinajstić information content (AvgIpc) is 4.08. The molecule has 6 heterocycles. The molecule has 2 aliphatic rings. The summed E-state index contributed by atoms with van der Waals surface area (Å²) in [4.78, 5) is 60.5. The molecule has 2 saturated heterocycles. The van der Waals surface area contributed by atoms with Crippen LogP contribution in [0.2, 0.25) is 0 Å². The number of likely N-dealkylation sites (N-methyl/N-ethyl adjacent to an activating group) is 1. The van der Waals surface area contributed by atoms with Crippen LogP contribution in [0.1, 0.15) is 79.6 Å². The summed E-state index contributed by atoms with van der Waals surface area (Å²) in [5.41, 5.74) is 7.02. The third-order valence-corrected chi connectivity index (χ3v) is 10.3. The molecule has 0 saturated carbocycles. The summed E-state index contributed by atoms with van der Waals surface area (Å²) in [5.74, 6) is 0.215. The van der Waals surface area contributed by atoms with Crippen LogP contribution in [0.3, 0.4) is 0 Å². The summed E-state index contributed by atoms with van der Waals surface area (Å²) in [5, 5.41) is 9.88. The molecule has 0 radical (unpaired) electrons. The molecule has 13 nitrogen and oxygen atoms in total. The normalized spacial score (nSPS) is 12.5. The largest absolute Gasteiger partial charge is 0.471 e. The molecule has 0 aliphatic carbocycles. The van der Waals surface area contributed by atoms with Crippen molar-refractivity contribution < 1.29 is 23.9 Å². The highest BCUT2D eigenvalue weighted by Gasteiger charge is 2.18. The van der Waals surface area contributed by atoms with Gasteiger partial charge in [-0.3, -0.25) is 19.2 Å². The van der Waals surface area contributed by atoms with Crippen molar-refractivity contribution in [2.75, 3.05) is 53.4 Å². The van der Waals surface area contributed by atoms with Gasteiger partial charge in [0, 0.05) is 54.5 Å². The third-order valence-electron chi connectivity index (χ3n) is 8.18. The number of benzene rings is 1. The lowest BCUT2D eigenvalue weighted by Crippen LogP contribution is -2.38. The Hall–Kier alpha value is -4.86. The number of thiophene rings is 2. The van der Waals surface area contributed by atoms with E-state index in [4.69, 9.17) is 4.79 Å². The number of rotatable bonds is 9. The second-order valence-corrected chi connectivity index (χ2v) is 14.8. The number of H-pyrrole nitrogens is 2. The number of hydrogen-bond donors (Lipinski definition) is 4. The van der Waals surface area contributed by atoms with Gasteiger partial charge in [-0.25, -0.2) is 9.97 Å². The highest BCUT2D eigenvalue weighted by Crippen LogP contribution is 2.43. The molecule has 3 amide bonds. The molecule has 15 heteroatoms. The highest BCUT2D eigenvalue weighted by atomic mass is 32.1. The second-order valence-electron chi connectivity index (χ2n) is 13.0. The molecule has 7 rings (SSSR count). The van der Waals surface area contributed by atoms with E-state index in [0.29, 0.717) is 19.4 Å². The van der Waals surface area contributed by atoms with Crippen LogP contribution >= 0.6 is 22.7 Å². The Morgan fingerprint density at radius 2 is 1.18 bits per heavy atom. The number of aromatic nitrogens is 4. The summed E-state index contributed by atoms with van der Waals surface area (Å²) in [6.07, 6.45) is 14.6. The first-order valence-electron chi connectivity index (χ1n) is 19.7. The topological polar surface area (TPSA) is 165 Å². The molecule has 0 unspecified atom stereocenters. The minimum absolute atomic E-state index is 0.0410. The fraction of sp³-hybridized carbons (Fsp3) is 0.476. The van der Waals surface area contributed by atoms with Crippen molar-refractivity contribution >= 4 is 56.3 Å². The number of carbonyl (C=O) groups excluding carboxylic acids is 4. The SMILES string of the molecule is CCC.CCC.CCC(=O)NCC(=O)N1CCCC1.CNCC(=O)N1CCCC1.COC=O.c1ncc(-c2ccc(-c3csc4c(-c5cnc[nH]5)csc34)cc2)[nH]1. The van der Waals surface area contributed by atoms with Crippen LogP contribution in [-0.4, -0.2) is 107 Å². The quantitative estimate of drug-likeness (QED) is 0.109. The van der Waals surface area contributed by atoms with Crippen molar-refractivity contribution in [3.63, 3.8) is 0 Å². The van der Waals surface area contributed by atoms with E-state index in [9.17, 15) is 14.4 Å². The van der Waals surface area contributed by atoms with Crippen LogP contribution in [0, 0.1) is 0 Å².